The molecule has 0 spiro atoms. The van der Waals surface area contributed by atoms with E-state index in [9.17, 15) is 18.0 Å². The quantitative estimate of drug-likeness (QED) is 0.346. The lowest BCUT2D eigenvalue weighted by Gasteiger charge is -2.14. The SMILES string of the molecule is COc1ncccc1-c1c[nH]c(=O)c2cc(-c3ccccc3)c(-c3ccc(C[NH3+])cc3)nc12.O=C([O-])C(F)(F)F. The molecule has 5 rings (SSSR count). The largest absolute Gasteiger partial charge is 0.542 e. The Labute approximate surface area is 225 Å². The van der Waals surface area contributed by atoms with Crippen LogP contribution in [0.5, 0.6) is 5.88 Å². The van der Waals surface area contributed by atoms with Crippen LogP contribution >= 0.6 is 0 Å². The molecule has 40 heavy (non-hydrogen) atoms. The highest BCUT2D eigenvalue weighted by atomic mass is 19.4. The molecular weight excluding hydrogens is 525 g/mol. The lowest BCUT2D eigenvalue weighted by Crippen LogP contribution is -2.47. The van der Waals surface area contributed by atoms with Gasteiger partial charge in [0.2, 0.25) is 5.88 Å². The number of carbonyl (C=O) groups excluding carboxylic acids is 1. The van der Waals surface area contributed by atoms with Crippen molar-refractivity contribution in [2.45, 2.75) is 12.7 Å². The minimum absolute atomic E-state index is 0.194. The number of aromatic amines is 1. The zero-order valence-corrected chi connectivity index (χ0v) is 21.2. The van der Waals surface area contributed by atoms with Crippen LogP contribution in [0.2, 0.25) is 0 Å². The van der Waals surface area contributed by atoms with Gasteiger partial charge in [-0.15, -0.1) is 0 Å². The number of rotatable bonds is 5. The fourth-order valence-corrected chi connectivity index (χ4v) is 4.03. The summed E-state index contributed by atoms with van der Waals surface area (Å²) in [4.78, 5) is 33.9. The second kappa shape index (κ2) is 11.8. The number of hydrogen-bond acceptors (Lipinski definition) is 6. The maximum atomic E-state index is 12.9. The molecule has 8 nitrogen and oxygen atoms in total. The lowest BCUT2D eigenvalue weighted by atomic mass is 9.96. The van der Waals surface area contributed by atoms with Crippen molar-refractivity contribution in [1.29, 1.82) is 0 Å². The van der Waals surface area contributed by atoms with Gasteiger partial charge in [-0.25, -0.2) is 9.97 Å². The normalized spacial score (nSPS) is 11.0. The van der Waals surface area contributed by atoms with Gasteiger partial charge < -0.3 is 25.4 Å². The first kappa shape index (κ1) is 28.0. The molecule has 0 bridgehead atoms. The fourth-order valence-electron chi connectivity index (χ4n) is 4.03. The van der Waals surface area contributed by atoms with Crippen LogP contribution in [0.3, 0.4) is 0 Å². The molecule has 11 heteroatoms. The molecule has 0 aliphatic rings. The minimum Gasteiger partial charge on any atom is -0.542 e. The number of aliphatic carboxylic acids is 1. The average molecular weight is 549 g/mol. The van der Waals surface area contributed by atoms with Crippen molar-refractivity contribution in [1.82, 2.24) is 15.0 Å². The van der Waals surface area contributed by atoms with Gasteiger partial charge in [-0.1, -0.05) is 54.6 Å². The van der Waals surface area contributed by atoms with Gasteiger partial charge in [0.15, 0.2) is 0 Å². The van der Waals surface area contributed by atoms with E-state index >= 15 is 0 Å². The number of nitrogens with zero attached hydrogens (tertiary/aromatic N) is 2. The van der Waals surface area contributed by atoms with Crippen LogP contribution in [0.4, 0.5) is 13.2 Å². The van der Waals surface area contributed by atoms with E-state index in [0.717, 1.165) is 45.6 Å². The van der Waals surface area contributed by atoms with Crippen molar-refractivity contribution in [2.24, 2.45) is 0 Å². The smallest absolute Gasteiger partial charge is 0.430 e. The summed E-state index contributed by atoms with van der Waals surface area (Å²) in [6.45, 7) is 0.720. The summed E-state index contributed by atoms with van der Waals surface area (Å²) in [5.74, 6) is -2.53. The number of carboxylic acid groups (broad SMARTS) is 1. The predicted octanol–water partition coefficient (Wildman–Crippen LogP) is 3.37. The zero-order chi connectivity index (χ0) is 28.9. The van der Waals surface area contributed by atoms with Crippen LogP contribution in [0, 0.1) is 0 Å². The van der Waals surface area contributed by atoms with E-state index in [1.165, 1.54) is 0 Å². The molecule has 0 saturated heterocycles. The van der Waals surface area contributed by atoms with Gasteiger partial charge >= 0.3 is 6.18 Å². The molecule has 0 saturated carbocycles. The van der Waals surface area contributed by atoms with Crippen LogP contribution in [0.25, 0.3) is 44.4 Å². The first-order valence-electron chi connectivity index (χ1n) is 11.9. The van der Waals surface area contributed by atoms with Crippen molar-refractivity contribution < 1.29 is 33.5 Å². The lowest BCUT2D eigenvalue weighted by molar-refractivity contribution is -0.386. The minimum atomic E-state index is -5.19. The summed E-state index contributed by atoms with van der Waals surface area (Å²) < 4.78 is 37.0. The fraction of sp³-hybridized carbons (Fsp3) is 0.103. The molecule has 0 aliphatic heterocycles. The monoisotopic (exact) mass is 548 g/mol. The summed E-state index contributed by atoms with van der Waals surface area (Å²) in [6.07, 6.45) is -1.85. The number of H-pyrrole nitrogens is 1. The Morgan fingerprint density at radius 3 is 2.25 bits per heavy atom. The maximum Gasteiger partial charge on any atom is 0.430 e. The van der Waals surface area contributed by atoms with Crippen molar-refractivity contribution in [3.05, 3.63) is 101 Å². The molecule has 3 heterocycles. The number of fused-ring (bicyclic) bond motifs is 1. The van der Waals surface area contributed by atoms with E-state index in [1.807, 2.05) is 48.5 Å². The highest BCUT2D eigenvalue weighted by molar-refractivity contribution is 5.99. The molecule has 0 fully saturated rings. The van der Waals surface area contributed by atoms with Gasteiger partial charge in [0, 0.05) is 40.2 Å². The molecule has 0 amide bonds. The number of benzene rings is 2. The van der Waals surface area contributed by atoms with E-state index in [4.69, 9.17) is 19.6 Å². The molecule has 4 N–H and O–H groups in total. The van der Waals surface area contributed by atoms with E-state index in [2.05, 4.69) is 40.0 Å². The van der Waals surface area contributed by atoms with Crippen molar-refractivity contribution in [3.8, 4) is 39.4 Å². The Hall–Kier alpha value is -5.03. The molecule has 0 radical (unpaired) electrons. The van der Waals surface area contributed by atoms with Crippen molar-refractivity contribution >= 4 is 16.9 Å². The van der Waals surface area contributed by atoms with Crippen molar-refractivity contribution in [2.75, 3.05) is 7.11 Å². The number of carboxylic acids is 1. The van der Waals surface area contributed by atoms with Gasteiger partial charge in [0.05, 0.1) is 30.3 Å². The number of nitrogens with one attached hydrogen (secondary N) is 1. The number of halogens is 3. The summed E-state index contributed by atoms with van der Waals surface area (Å²) in [5, 5.41) is 9.29. The summed E-state index contributed by atoms with van der Waals surface area (Å²) in [6, 6.07) is 23.9. The van der Waals surface area contributed by atoms with Gasteiger partial charge in [0.25, 0.3) is 5.56 Å². The number of pyridine rings is 3. The zero-order valence-electron chi connectivity index (χ0n) is 21.2. The van der Waals surface area contributed by atoms with Crippen LogP contribution in [0.15, 0.2) is 90.0 Å². The van der Waals surface area contributed by atoms with Crippen LogP contribution in [-0.4, -0.2) is 34.2 Å². The highest BCUT2D eigenvalue weighted by Gasteiger charge is 2.28. The topological polar surface area (TPSA) is 136 Å². The number of carbonyl (C=O) groups is 1. The molecule has 0 unspecified atom stereocenters. The molecule has 3 aromatic heterocycles. The van der Waals surface area contributed by atoms with E-state index in [0.29, 0.717) is 16.8 Å². The van der Waals surface area contributed by atoms with Crippen LogP contribution < -0.4 is 21.1 Å². The summed E-state index contributed by atoms with van der Waals surface area (Å²) >= 11 is 0. The van der Waals surface area contributed by atoms with Crippen LogP contribution in [0.1, 0.15) is 5.56 Å². The van der Waals surface area contributed by atoms with E-state index in [1.54, 1.807) is 19.5 Å². The summed E-state index contributed by atoms with van der Waals surface area (Å²) in [7, 11) is 1.58. The third-order valence-corrected chi connectivity index (χ3v) is 5.96. The second-order valence-electron chi connectivity index (χ2n) is 8.47. The maximum absolute atomic E-state index is 12.9. The third-order valence-electron chi connectivity index (χ3n) is 5.96. The molecular formula is C29H23F3N4O4. The number of quaternary nitrogens is 1. The number of ether oxygens (including phenoxy) is 1. The second-order valence-corrected chi connectivity index (χ2v) is 8.47. The third kappa shape index (κ3) is 6.00. The Balaban J connectivity index is 0.000000470. The predicted molar refractivity (Wildman–Crippen MR) is 141 cm³/mol. The van der Waals surface area contributed by atoms with Gasteiger partial charge in [0.1, 0.15) is 5.97 Å². The molecule has 2 aromatic carbocycles. The van der Waals surface area contributed by atoms with Crippen molar-refractivity contribution in [3.63, 3.8) is 0 Å². The summed E-state index contributed by atoms with van der Waals surface area (Å²) in [5.41, 5.74) is 10.7. The standard InChI is InChI=1S/C27H22N4O2.C2HF3O2/c1-33-27-20(8-5-13-29-27)23-16-30-26(32)22-14-21(18-6-3-2-4-7-18)24(31-25(22)23)19-11-9-17(15-28)10-12-19;3-2(4,5)1(6)7/h2-14,16H,15,28H2,1H3,(H,30,32);(H,6,7). The molecule has 0 aliphatic carbocycles. The Bertz CT molecular complexity index is 1700. The Morgan fingerprint density at radius 2 is 1.65 bits per heavy atom. The van der Waals surface area contributed by atoms with Crippen LogP contribution in [-0.2, 0) is 11.3 Å². The first-order chi connectivity index (χ1) is 19.1. The van der Waals surface area contributed by atoms with Gasteiger partial charge in [-0.3, -0.25) is 4.79 Å². The van der Waals surface area contributed by atoms with E-state index in [-0.39, 0.29) is 5.56 Å². The van der Waals surface area contributed by atoms with Gasteiger partial charge in [-0.05, 0) is 23.8 Å². The first-order valence-corrected chi connectivity index (χ1v) is 11.9. The molecule has 204 valence electrons. The highest BCUT2D eigenvalue weighted by Crippen LogP contribution is 2.37. The molecule has 5 aromatic rings. The molecule has 0 atom stereocenters. The van der Waals surface area contributed by atoms with E-state index < -0.39 is 12.1 Å². The van der Waals surface area contributed by atoms with Gasteiger partial charge in [-0.2, -0.15) is 13.2 Å². The number of methoxy groups -OCH3 is 1. The average Bonchev–Trinajstić information content (AvgIpc) is 2.97. The number of hydrogen-bond donors (Lipinski definition) is 2. The Kier molecular flexibility index (Phi) is 8.25. The Morgan fingerprint density at radius 1 is 0.975 bits per heavy atom. The number of alkyl halides is 3. The number of aromatic nitrogens is 3.